The number of rotatable bonds is 8. The Balaban J connectivity index is 1.33. The fourth-order valence-electron chi connectivity index (χ4n) is 6.39. The minimum atomic E-state index is -0.576. The summed E-state index contributed by atoms with van der Waals surface area (Å²) in [7, 11) is 0. The van der Waals surface area contributed by atoms with Crippen LogP contribution >= 0.6 is 11.6 Å². The number of piperazine rings is 1. The lowest BCUT2D eigenvalue weighted by molar-refractivity contribution is -0.0384. The van der Waals surface area contributed by atoms with Crippen molar-refractivity contribution >= 4 is 17.4 Å². The van der Waals surface area contributed by atoms with Crippen LogP contribution in [-0.2, 0) is 6.42 Å². The quantitative estimate of drug-likeness (QED) is 0.577. The lowest BCUT2D eigenvalue weighted by Gasteiger charge is -2.43. The van der Waals surface area contributed by atoms with Gasteiger partial charge in [-0.3, -0.25) is 9.80 Å². The standard InChI is InChI=1S/C27H38ClN5O2/c1-19-5-10-22-24(19)26(30-18-29-22)32-13-15-33(16-14-32)27(35)25(20-6-8-21(28)9-7-20)23-4-2-11-31(23)12-3-17-34/h6-9,18-19,23,25,27,34-35H,2-5,10-17H2,1H3/t19?,23-,25-,27?/m0/s1. The molecule has 0 bridgehead atoms. The molecule has 2 aromatic rings. The fraction of sp³-hybridized carbons (Fsp3) is 0.630. The monoisotopic (exact) mass is 499 g/mol. The lowest BCUT2D eigenvalue weighted by atomic mass is 9.87. The molecule has 3 aliphatic rings. The maximum Gasteiger partial charge on any atom is 0.135 e. The summed E-state index contributed by atoms with van der Waals surface area (Å²) < 4.78 is 0. The van der Waals surface area contributed by atoms with Gasteiger partial charge >= 0.3 is 0 Å². The first-order chi connectivity index (χ1) is 17.1. The predicted octanol–water partition coefficient (Wildman–Crippen LogP) is 3.25. The summed E-state index contributed by atoms with van der Waals surface area (Å²) in [5.41, 5.74) is 3.66. The smallest absolute Gasteiger partial charge is 0.135 e. The summed E-state index contributed by atoms with van der Waals surface area (Å²) in [4.78, 5) is 16.3. The number of aromatic nitrogens is 2. The molecular formula is C27H38ClN5O2. The number of aryl methyl sites for hydroxylation is 1. The van der Waals surface area contributed by atoms with Crippen molar-refractivity contribution in [2.45, 2.75) is 63.1 Å². The summed E-state index contributed by atoms with van der Waals surface area (Å²) in [6, 6.07) is 8.25. The zero-order valence-corrected chi connectivity index (χ0v) is 21.4. The first kappa shape index (κ1) is 24.9. The Morgan fingerprint density at radius 3 is 2.57 bits per heavy atom. The van der Waals surface area contributed by atoms with Crippen molar-refractivity contribution in [2.75, 3.05) is 50.8 Å². The Kier molecular flexibility index (Phi) is 7.89. The van der Waals surface area contributed by atoms with Gasteiger partial charge in [-0.25, -0.2) is 9.97 Å². The highest BCUT2D eigenvalue weighted by Gasteiger charge is 2.40. The minimum absolute atomic E-state index is 0.0247. The van der Waals surface area contributed by atoms with E-state index in [1.165, 1.54) is 11.3 Å². The predicted molar refractivity (Wildman–Crippen MR) is 139 cm³/mol. The van der Waals surface area contributed by atoms with Gasteiger partial charge < -0.3 is 15.1 Å². The molecule has 8 heteroatoms. The van der Waals surface area contributed by atoms with Crippen LogP contribution in [0, 0.1) is 0 Å². The molecule has 2 fully saturated rings. The second-order valence-electron chi connectivity index (χ2n) is 10.3. The Hall–Kier alpha value is -1.77. The second kappa shape index (κ2) is 11.1. The third-order valence-corrected chi connectivity index (χ3v) is 8.50. The SMILES string of the molecule is CC1CCc2ncnc(N3CCN(C(O)[C@@H](c4ccc(Cl)cc4)[C@@H]4CCCN4CCCO)CC3)c21. The van der Waals surface area contributed by atoms with Gasteiger partial charge in [0.05, 0.1) is 0 Å². The second-order valence-corrected chi connectivity index (χ2v) is 10.8. The van der Waals surface area contributed by atoms with Crippen molar-refractivity contribution < 1.29 is 10.2 Å². The number of halogens is 1. The van der Waals surface area contributed by atoms with Crippen molar-refractivity contribution in [3.8, 4) is 0 Å². The lowest BCUT2D eigenvalue weighted by Crippen LogP contribution is -2.55. The number of aliphatic hydroxyl groups excluding tert-OH is 2. The number of aliphatic hydroxyl groups is 2. The van der Waals surface area contributed by atoms with Gasteiger partial charge in [-0.2, -0.15) is 0 Å². The molecule has 35 heavy (non-hydrogen) atoms. The average molecular weight is 500 g/mol. The highest BCUT2D eigenvalue weighted by molar-refractivity contribution is 6.30. The minimum Gasteiger partial charge on any atom is -0.396 e. The van der Waals surface area contributed by atoms with Gasteiger partial charge in [0.15, 0.2) is 0 Å². The first-order valence-electron chi connectivity index (χ1n) is 13.2. The summed E-state index contributed by atoms with van der Waals surface area (Å²) in [6.45, 7) is 7.64. The van der Waals surface area contributed by atoms with Gasteiger partial charge in [-0.05, 0) is 62.3 Å². The first-order valence-corrected chi connectivity index (χ1v) is 13.6. The number of likely N-dealkylation sites (tertiary alicyclic amines) is 1. The summed E-state index contributed by atoms with van der Waals surface area (Å²) in [5, 5.41) is 21.9. The maximum atomic E-state index is 11.8. The molecule has 2 unspecified atom stereocenters. The Morgan fingerprint density at radius 2 is 1.83 bits per heavy atom. The molecule has 2 saturated heterocycles. The van der Waals surface area contributed by atoms with Gasteiger partial charge in [0, 0.05) is 67.6 Å². The molecule has 0 amide bonds. The van der Waals surface area contributed by atoms with Crippen molar-refractivity contribution in [2.24, 2.45) is 0 Å². The topological polar surface area (TPSA) is 76.0 Å². The van der Waals surface area contributed by atoms with Crippen LogP contribution in [-0.4, -0.2) is 88.1 Å². The van der Waals surface area contributed by atoms with E-state index in [4.69, 9.17) is 11.6 Å². The van der Waals surface area contributed by atoms with Crippen molar-refractivity contribution in [3.63, 3.8) is 0 Å². The van der Waals surface area contributed by atoms with Crippen molar-refractivity contribution in [1.29, 1.82) is 0 Å². The van der Waals surface area contributed by atoms with Gasteiger partial charge in [0.25, 0.3) is 0 Å². The fourth-order valence-corrected chi connectivity index (χ4v) is 6.51. The van der Waals surface area contributed by atoms with Crippen molar-refractivity contribution in [3.05, 3.63) is 52.4 Å². The number of hydrogen-bond donors (Lipinski definition) is 2. The molecule has 190 valence electrons. The molecule has 5 rings (SSSR count). The molecular weight excluding hydrogens is 462 g/mol. The van der Waals surface area contributed by atoms with E-state index in [0.29, 0.717) is 10.9 Å². The Morgan fingerprint density at radius 1 is 1.06 bits per heavy atom. The van der Waals surface area contributed by atoms with Crippen molar-refractivity contribution in [1.82, 2.24) is 19.8 Å². The van der Waals surface area contributed by atoms with E-state index in [1.807, 2.05) is 12.1 Å². The molecule has 0 radical (unpaired) electrons. The van der Waals surface area contributed by atoms with E-state index in [-0.39, 0.29) is 18.6 Å². The molecule has 1 aliphatic carbocycles. The van der Waals surface area contributed by atoms with Gasteiger partial charge in [-0.1, -0.05) is 30.7 Å². The highest BCUT2D eigenvalue weighted by atomic mass is 35.5. The van der Waals surface area contributed by atoms with E-state index in [9.17, 15) is 10.2 Å². The summed E-state index contributed by atoms with van der Waals surface area (Å²) in [5.74, 6) is 1.57. The molecule has 7 nitrogen and oxygen atoms in total. The van der Waals surface area contributed by atoms with Gasteiger partial charge in [0.2, 0.25) is 0 Å². The molecule has 0 spiro atoms. The molecule has 3 heterocycles. The zero-order valence-electron chi connectivity index (χ0n) is 20.7. The van der Waals surface area contributed by atoms with E-state index in [1.54, 1.807) is 6.33 Å². The Labute approximate surface area is 213 Å². The number of fused-ring (bicyclic) bond motifs is 1. The third kappa shape index (κ3) is 5.20. The molecule has 2 N–H and O–H groups in total. The number of hydrogen-bond acceptors (Lipinski definition) is 7. The van der Waals surface area contributed by atoms with Crippen LogP contribution in [0.1, 0.15) is 61.3 Å². The number of benzene rings is 1. The van der Waals surface area contributed by atoms with E-state index in [0.717, 1.165) is 82.8 Å². The molecule has 1 aromatic carbocycles. The number of anilines is 1. The Bertz CT molecular complexity index is 982. The van der Waals surface area contributed by atoms with Crippen LogP contribution in [0.5, 0.6) is 0 Å². The number of nitrogens with zero attached hydrogens (tertiary/aromatic N) is 5. The van der Waals surface area contributed by atoms with Crippen LogP contribution in [0.2, 0.25) is 5.02 Å². The van der Waals surface area contributed by atoms with Crippen LogP contribution in [0.25, 0.3) is 0 Å². The van der Waals surface area contributed by atoms with Crippen LogP contribution in [0.15, 0.2) is 30.6 Å². The summed E-state index contributed by atoms with van der Waals surface area (Å²) >= 11 is 6.20. The van der Waals surface area contributed by atoms with Crippen LogP contribution < -0.4 is 4.90 Å². The van der Waals surface area contributed by atoms with E-state index < -0.39 is 6.23 Å². The maximum absolute atomic E-state index is 11.8. The van der Waals surface area contributed by atoms with E-state index in [2.05, 4.69) is 43.7 Å². The molecule has 0 saturated carbocycles. The largest absolute Gasteiger partial charge is 0.396 e. The average Bonchev–Trinajstić information content (AvgIpc) is 3.50. The van der Waals surface area contributed by atoms with E-state index >= 15 is 0 Å². The third-order valence-electron chi connectivity index (χ3n) is 8.25. The molecule has 2 aliphatic heterocycles. The zero-order chi connectivity index (χ0) is 24.4. The molecule has 4 atom stereocenters. The van der Waals surface area contributed by atoms with Gasteiger partial charge in [-0.15, -0.1) is 0 Å². The normalized spacial score (nSPS) is 25.1. The summed E-state index contributed by atoms with van der Waals surface area (Å²) in [6.07, 6.45) is 6.27. The van der Waals surface area contributed by atoms with Gasteiger partial charge in [0.1, 0.15) is 18.4 Å². The molecule has 1 aromatic heterocycles. The highest BCUT2D eigenvalue weighted by Crippen LogP contribution is 2.39. The van der Waals surface area contributed by atoms with Crippen LogP contribution in [0.4, 0.5) is 5.82 Å². The van der Waals surface area contributed by atoms with Crippen LogP contribution in [0.3, 0.4) is 0 Å².